The topological polar surface area (TPSA) is 145 Å². The highest BCUT2D eigenvalue weighted by atomic mass is 16.4. The number of nitrogens with zero attached hydrogens (tertiary/aromatic N) is 2. The van der Waals surface area contributed by atoms with Crippen LogP contribution in [0.1, 0.15) is 0 Å². The maximum Gasteiger partial charge on any atom is 0.231 e. The van der Waals surface area contributed by atoms with Crippen LogP contribution in [0.3, 0.4) is 0 Å². The van der Waals surface area contributed by atoms with Gasteiger partial charge in [0.15, 0.2) is 11.2 Å². The molecular weight excluding hydrogens is 360 g/mol. The summed E-state index contributed by atoms with van der Waals surface area (Å²) in [5.41, 5.74) is 15.2. The van der Waals surface area contributed by atoms with Crippen LogP contribution in [-0.2, 0) is 0 Å². The minimum atomic E-state index is -0.144. The van der Waals surface area contributed by atoms with Crippen molar-refractivity contribution in [1.29, 1.82) is 0 Å². The first-order chi connectivity index (χ1) is 13.5. The van der Waals surface area contributed by atoms with Gasteiger partial charge in [0, 0.05) is 23.5 Å². The summed E-state index contributed by atoms with van der Waals surface area (Å²) in [4.78, 5) is 8.65. The first kappa shape index (κ1) is 16.0. The highest BCUT2D eigenvalue weighted by Crippen LogP contribution is 2.40. The Morgan fingerprint density at radius 1 is 0.643 bits per heavy atom. The van der Waals surface area contributed by atoms with E-state index in [0.29, 0.717) is 33.6 Å². The summed E-state index contributed by atoms with van der Waals surface area (Å²) in [6.45, 7) is 0. The highest BCUT2D eigenvalue weighted by Gasteiger charge is 2.19. The van der Waals surface area contributed by atoms with Crippen LogP contribution < -0.4 is 11.5 Å². The normalized spacial score (nSPS) is 11.4. The van der Waals surface area contributed by atoms with Gasteiger partial charge in [0.25, 0.3) is 0 Å². The van der Waals surface area contributed by atoms with Crippen LogP contribution in [0.5, 0.6) is 11.5 Å². The van der Waals surface area contributed by atoms with Gasteiger partial charge in [-0.3, -0.25) is 0 Å². The zero-order valence-electron chi connectivity index (χ0n) is 14.4. The second kappa shape index (κ2) is 5.65. The summed E-state index contributed by atoms with van der Waals surface area (Å²) < 4.78 is 11.3. The number of phenolic OH excluding ortho intramolecular Hbond substituents is 2. The number of fused-ring (bicyclic) bond motifs is 2. The van der Waals surface area contributed by atoms with Crippen molar-refractivity contribution in [3.05, 3.63) is 48.5 Å². The first-order valence-electron chi connectivity index (χ1n) is 8.37. The van der Waals surface area contributed by atoms with Gasteiger partial charge in [0.1, 0.15) is 22.5 Å². The van der Waals surface area contributed by atoms with Crippen LogP contribution in [-0.4, -0.2) is 20.2 Å². The van der Waals surface area contributed by atoms with Gasteiger partial charge in [-0.2, -0.15) is 0 Å². The Bertz CT molecular complexity index is 1260. The molecule has 2 aromatic heterocycles. The average Bonchev–Trinajstić information content (AvgIpc) is 3.26. The van der Waals surface area contributed by atoms with Crippen molar-refractivity contribution in [2.24, 2.45) is 0 Å². The van der Waals surface area contributed by atoms with Gasteiger partial charge < -0.3 is 30.5 Å². The minimum absolute atomic E-state index is 0.144. The fraction of sp³-hybridized carbons (Fsp3) is 0. The summed E-state index contributed by atoms with van der Waals surface area (Å²) in [6, 6.07) is 12.8. The number of rotatable bonds is 2. The van der Waals surface area contributed by atoms with Gasteiger partial charge in [-0.15, -0.1) is 0 Å². The molecule has 8 nitrogen and oxygen atoms in total. The summed E-state index contributed by atoms with van der Waals surface area (Å²) in [5, 5.41) is 21.0. The molecule has 5 rings (SSSR count). The van der Waals surface area contributed by atoms with Crippen LogP contribution in [0.2, 0.25) is 0 Å². The van der Waals surface area contributed by atoms with E-state index in [2.05, 4.69) is 9.97 Å². The van der Waals surface area contributed by atoms with Crippen LogP contribution in [0.4, 0.5) is 11.4 Å². The number of nitrogens with two attached hydrogens (primary N) is 2. The lowest BCUT2D eigenvalue weighted by molar-refractivity contribution is 0.458. The molecule has 0 fully saturated rings. The first-order valence-corrected chi connectivity index (χ1v) is 8.37. The monoisotopic (exact) mass is 374 g/mol. The molecule has 0 spiro atoms. The smallest absolute Gasteiger partial charge is 0.231 e. The number of anilines is 2. The van der Waals surface area contributed by atoms with Crippen molar-refractivity contribution in [3.8, 4) is 34.4 Å². The van der Waals surface area contributed by atoms with Crippen molar-refractivity contribution < 1.29 is 19.0 Å². The Balaban J connectivity index is 1.62. The van der Waals surface area contributed by atoms with Crippen LogP contribution in [0.25, 0.3) is 45.1 Å². The molecule has 0 radical (unpaired) electrons. The quantitative estimate of drug-likeness (QED) is 0.269. The lowest BCUT2D eigenvalue weighted by Gasteiger charge is -2.05. The van der Waals surface area contributed by atoms with Gasteiger partial charge in [-0.1, -0.05) is 0 Å². The van der Waals surface area contributed by atoms with E-state index >= 15 is 0 Å². The molecule has 0 saturated heterocycles. The Morgan fingerprint density at radius 3 is 1.50 bits per heavy atom. The molecule has 0 aliphatic rings. The molecule has 0 saturated carbocycles. The third kappa shape index (κ3) is 2.47. The van der Waals surface area contributed by atoms with Gasteiger partial charge >= 0.3 is 0 Å². The van der Waals surface area contributed by atoms with E-state index in [1.165, 1.54) is 12.1 Å². The molecule has 0 unspecified atom stereocenters. The molecule has 0 atom stereocenters. The predicted molar refractivity (Wildman–Crippen MR) is 105 cm³/mol. The Kier molecular flexibility index (Phi) is 3.23. The second-order valence-corrected chi connectivity index (χ2v) is 6.38. The standard InChI is InChI=1S/C20H14N4O4/c21-9-1-3-13-17(5-9)27-19(23-13)11-7-16(26)12(8-15(11)25)20-24-14-4-2-10(22)6-18(14)28-20/h1-8,25-26H,21-22H2. The number of aromatic nitrogens is 2. The number of hydrogen-bond acceptors (Lipinski definition) is 8. The molecule has 138 valence electrons. The Labute approximate surface area is 157 Å². The Morgan fingerprint density at radius 2 is 1.07 bits per heavy atom. The fourth-order valence-electron chi connectivity index (χ4n) is 3.03. The van der Waals surface area contributed by atoms with E-state index in [4.69, 9.17) is 20.3 Å². The minimum Gasteiger partial charge on any atom is -0.507 e. The number of benzene rings is 3. The highest BCUT2D eigenvalue weighted by molar-refractivity contribution is 5.84. The van der Waals surface area contributed by atoms with Crippen molar-refractivity contribution in [3.63, 3.8) is 0 Å². The van der Waals surface area contributed by atoms with Gasteiger partial charge in [0.2, 0.25) is 11.8 Å². The van der Waals surface area contributed by atoms with Gasteiger partial charge in [0.05, 0.1) is 11.1 Å². The van der Waals surface area contributed by atoms with Gasteiger partial charge in [-0.05, 0) is 36.4 Å². The molecule has 2 heterocycles. The number of aromatic hydroxyl groups is 2. The maximum absolute atomic E-state index is 10.5. The van der Waals surface area contributed by atoms with E-state index in [1.54, 1.807) is 36.4 Å². The van der Waals surface area contributed by atoms with E-state index in [1.807, 2.05) is 0 Å². The molecule has 3 aromatic carbocycles. The summed E-state index contributed by atoms with van der Waals surface area (Å²) in [5.74, 6) is 0.0266. The summed E-state index contributed by atoms with van der Waals surface area (Å²) >= 11 is 0. The second-order valence-electron chi connectivity index (χ2n) is 6.38. The predicted octanol–water partition coefficient (Wildman–Crippen LogP) is 3.88. The van der Waals surface area contributed by atoms with E-state index in [-0.39, 0.29) is 34.4 Å². The molecule has 5 aromatic rings. The molecule has 6 N–H and O–H groups in total. The molecule has 0 aliphatic heterocycles. The summed E-state index contributed by atoms with van der Waals surface area (Å²) in [7, 11) is 0. The maximum atomic E-state index is 10.5. The Hall–Kier alpha value is -4.20. The number of nitrogen functional groups attached to an aromatic ring is 2. The van der Waals surface area contributed by atoms with Crippen molar-refractivity contribution in [1.82, 2.24) is 9.97 Å². The molecule has 8 heteroatoms. The zero-order chi connectivity index (χ0) is 19.4. The number of oxazole rings is 2. The van der Waals surface area contributed by atoms with Crippen LogP contribution in [0, 0.1) is 0 Å². The molecule has 0 bridgehead atoms. The van der Waals surface area contributed by atoms with E-state index in [0.717, 1.165) is 0 Å². The van der Waals surface area contributed by atoms with Crippen molar-refractivity contribution >= 4 is 33.6 Å². The third-order valence-corrected chi connectivity index (χ3v) is 4.40. The zero-order valence-corrected chi connectivity index (χ0v) is 14.4. The van der Waals surface area contributed by atoms with Crippen molar-refractivity contribution in [2.75, 3.05) is 11.5 Å². The average molecular weight is 374 g/mol. The van der Waals surface area contributed by atoms with Crippen LogP contribution >= 0.6 is 0 Å². The van der Waals surface area contributed by atoms with E-state index < -0.39 is 0 Å². The number of phenols is 2. The summed E-state index contributed by atoms with van der Waals surface area (Å²) in [6.07, 6.45) is 0. The van der Waals surface area contributed by atoms with Crippen LogP contribution in [0.15, 0.2) is 57.4 Å². The van der Waals surface area contributed by atoms with E-state index in [9.17, 15) is 10.2 Å². The van der Waals surface area contributed by atoms with Gasteiger partial charge in [-0.25, -0.2) is 9.97 Å². The number of hydrogen-bond donors (Lipinski definition) is 4. The molecule has 0 amide bonds. The lowest BCUT2D eigenvalue weighted by atomic mass is 10.1. The largest absolute Gasteiger partial charge is 0.507 e. The molecule has 0 aliphatic carbocycles. The van der Waals surface area contributed by atoms with Crippen molar-refractivity contribution in [2.45, 2.75) is 0 Å². The molecular formula is C20H14N4O4. The lowest BCUT2D eigenvalue weighted by Crippen LogP contribution is -1.84. The third-order valence-electron chi connectivity index (χ3n) is 4.40. The molecule has 28 heavy (non-hydrogen) atoms. The fourth-order valence-corrected chi connectivity index (χ4v) is 3.03. The SMILES string of the molecule is Nc1ccc2nc(-c3cc(O)c(-c4nc5ccc(N)cc5o4)cc3O)oc2c1.